The minimum atomic E-state index is -0.488. The van der Waals surface area contributed by atoms with Gasteiger partial charge in [0.25, 0.3) is 11.8 Å². The van der Waals surface area contributed by atoms with Gasteiger partial charge in [0.15, 0.2) is 5.11 Å². The summed E-state index contributed by atoms with van der Waals surface area (Å²) in [5, 5.41) is 2.61. The first-order chi connectivity index (χ1) is 11.4. The Labute approximate surface area is 146 Å². The molecule has 1 aliphatic heterocycles. The number of benzene rings is 1. The van der Waals surface area contributed by atoms with Crippen molar-refractivity contribution >= 4 is 40.9 Å². The molecule has 24 heavy (non-hydrogen) atoms. The average Bonchev–Trinajstić information content (AvgIpc) is 2.55. The Morgan fingerprint density at radius 2 is 1.92 bits per heavy atom. The van der Waals surface area contributed by atoms with E-state index < -0.39 is 11.8 Å². The van der Waals surface area contributed by atoms with E-state index in [1.54, 1.807) is 12.2 Å². The lowest BCUT2D eigenvalue weighted by molar-refractivity contribution is -0.128. The van der Waals surface area contributed by atoms with E-state index in [1.807, 2.05) is 49.3 Å². The maximum absolute atomic E-state index is 12.3. The Morgan fingerprint density at radius 3 is 2.50 bits per heavy atom. The highest BCUT2D eigenvalue weighted by molar-refractivity contribution is 7.80. The van der Waals surface area contributed by atoms with Gasteiger partial charge in [-0.25, -0.2) is 0 Å². The molecule has 0 aliphatic carbocycles. The second-order valence-corrected chi connectivity index (χ2v) is 5.78. The van der Waals surface area contributed by atoms with Crippen LogP contribution in [0.2, 0.25) is 0 Å². The molecule has 1 aliphatic rings. The van der Waals surface area contributed by atoms with E-state index >= 15 is 0 Å². The number of anilines is 1. The van der Waals surface area contributed by atoms with Crippen LogP contribution in [-0.2, 0) is 9.59 Å². The smallest absolute Gasteiger partial charge is 0.265 e. The molecule has 1 aromatic carbocycles. The third kappa shape index (κ3) is 3.97. The van der Waals surface area contributed by atoms with Crippen LogP contribution in [0.3, 0.4) is 0 Å². The number of nitrogens with zero attached hydrogens (tertiary/aromatic N) is 2. The van der Waals surface area contributed by atoms with Crippen LogP contribution in [0.1, 0.15) is 5.56 Å². The van der Waals surface area contributed by atoms with Gasteiger partial charge in [0.2, 0.25) is 0 Å². The van der Waals surface area contributed by atoms with Crippen LogP contribution in [0.4, 0.5) is 5.69 Å². The summed E-state index contributed by atoms with van der Waals surface area (Å²) in [4.78, 5) is 27.6. The molecule has 0 radical (unpaired) electrons. The van der Waals surface area contributed by atoms with Crippen LogP contribution >= 0.6 is 12.2 Å². The van der Waals surface area contributed by atoms with Gasteiger partial charge in [-0.2, -0.15) is 0 Å². The molecule has 2 amide bonds. The lowest BCUT2D eigenvalue weighted by Gasteiger charge is -2.27. The Morgan fingerprint density at radius 1 is 1.25 bits per heavy atom. The molecule has 1 fully saturated rings. The van der Waals surface area contributed by atoms with Gasteiger partial charge >= 0.3 is 0 Å². The molecule has 0 bridgehead atoms. The Kier molecular flexibility index (Phi) is 5.65. The van der Waals surface area contributed by atoms with Gasteiger partial charge in [0, 0.05) is 26.3 Å². The zero-order valence-corrected chi connectivity index (χ0v) is 14.5. The summed E-state index contributed by atoms with van der Waals surface area (Å²) in [7, 11) is 3.95. The van der Waals surface area contributed by atoms with Crippen LogP contribution in [0.15, 0.2) is 54.6 Å². The number of allylic oxidation sites excluding steroid dienone is 2. The topological polar surface area (TPSA) is 52.7 Å². The minimum Gasteiger partial charge on any atom is -0.378 e. The zero-order valence-electron chi connectivity index (χ0n) is 13.7. The standard InChI is InChI=1S/C18H19N3O2S/c1-4-12-21-17(23)15(16(22)19-18(21)24)7-5-6-13-8-10-14(11-9-13)20(2)3/h4-11H,1,12H2,2-3H3,(H,19,22,24). The molecular weight excluding hydrogens is 322 g/mol. The quantitative estimate of drug-likeness (QED) is 0.386. The van der Waals surface area contributed by atoms with E-state index in [-0.39, 0.29) is 17.2 Å². The van der Waals surface area contributed by atoms with E-state index in [0.717, 1.165) is 11.3 Å². The van der Waals surface area contributed by atoms with Crippen molar-refractivity contribution in [2.24, 2.45) is 0 Å². The summed E-state index contributed by atoms with van der Waals surface area (Å²) in [6.07, 6.45) is 6.56. The predicted octanol–water partition coefficient (Wildman–Crippen LogP) is 2.12. The Hall–Kier alpha value is -2.73. The number of nitrogens with one attached hydrogen (secondary N) is 1. The van der Waals surface area contributed by atoms with Crippen LogP contribution in [-0.4, -0.2) is 42.5 Å². The molecule has 0 aromatic heterocycles. The van der Waals surface area contributed by atoms with Gasteiger partial charge in [-0.1, -0.05) is 30.4 Å². The van der Waals surface area contributed by atoms with Gasteiger partial charge in [-0.05, 0) is 36.0 Å². The normalized spacial score (nSPS) is 16.7. The zero-order chi connectivity index (χ0) is 17.7. The molecule has 6 heteroatoms. The molecule has 0 atom stereocenters. The summed E-state index contributed by atoms with van der Waals surface area (Å²) < 4.78 is 0. The van der Waals surface area contributed by atoms with Gasteiger partial charge in [-0.15, -0.1) is 6.58 Å². The number of hydrogen-bond acceptors (Lipinski definition) is 4. The van der Waals surface area contributed by atoms with Crippen molar-refractivity contribution in [1.82, 2.24) is 10.2 Å². The fourth-order valence-electron chi connectivity index (χ4n) is 2.15. The molecule has 1 N–H and O–H groups in total. The molecule has 0 saturated carbocycles. The first-order valence-electron chi connectivity index (χ1n) is 7.38. The molecule has 124 valence electrons. The maximum atomic E-state index is 12.3. The number of thiocarbonyl (C=S) groups is 1. The third-order valence-electron chi connectivity index (χ3n) is 3.46. The fraction of sp³-hybridized carbons (Fsp3) is 0.167. The fourth-order valence-corrected chi connectivity index (χ4v) is 2.40. The minimum absolute atomic E-state index is 0.0478. The van der Waals surface area contributed by atoms with E-state index in [0.29, 0.717) is 0 Å². The maximum Gasteiger partial charge on any atom is 0.265 e. The largest absolute Gasteiger partial charge is 0.378 e. The Bertz CT molecular complexity index is 733. The molecule has 2 rings (SSSR count). The number of hydrogen-bond donors (Lipinski definition) is 1. The lowest BCUT2D eigenvalue weighted by atomic mass is 10.1. The Balaban J connectivity index is 2.16. The van der Waals surface area contributed by atoms with Crippen LogP contribution in [0, 0.1) is 0 Å². The van der Waals surface area contributed by atoms with Gasteiger partial charge in [0.1, 0.15) is 5.57 Å². The van der Waals surface area contributed by atoms with Crippen LogP contribution in [0.25, 0.3) is 6.08 Å². The highest BCUT2D eigenvalue weighted by Gasteiger charge is 2.31. The first kappa shape index (κ1) is 17.6. The average molecular weight is 341 g/mol. The van der Waals surface area contributed by atoms with Gasteiger partial charge in [-0.3, -0.25) is 19.8 Å². The van der Waals surface area contributed by atoms with Crippen LogP contribution in [0.5, 0.6) is 0 Å². The van der Waals surface area contributed by atoms with E-state index in [2.05, 4.69) is 11.9 Å². The number of rotatable bonds is 5. The summed E-state index contributed by atoms with van der Waals surface area (Å²) in [5.74, 6) is -0.908. The third-order valence-corrected chi connectivity index (χ3v) is 3.78. The van der Waals surface area contributed by atoms with E-state index in [4.69, 9.17) is 12.2 Å². The summed E-state index contributed by atoms with van der Waals surface area (Å²) >= 11 is 5.00. The molecule has 1 saturated heterocycles. The van der Waals surface area contributed by atoms with Crippen molar-refractivity contribution in [3.8, 4) is 0 Å². The van der Waals surface area contributed by atoms with Crippen molar-refractivity contribution < 1.29 is 9.59 Å². The highest BCUT2D eigenvalue weighted by Crippen LogP contribution is 2.14. The monoisotopic (exact) mass is 341 g/mol. The number of amides is 2. The first-order valence-corrected chi connectivity index (χ1v) is 7.78. The van der Waals surface area contributed by atoms with Gasteiger partial charge in [0.05, 0.1) is 0 Å². The molecule has 0 spiro atoms. The SMILES string of the molecule is C=CCN1C(=O)C(=CC=Cc2ccc(N(C)C)cc2)C(=O)NC1=S. The predicted molar refractivity (Wildman–Crippen MR) is 101 cm³/mol. The highest BCUT2D eigenvalue weighted by atomic mass is 32.1. The molecule has 5 nitrogen and oxygen atoms in total. The van der Waals surface area contributed by atoms with Crippen molar-refractivity contribution in [3.05, 3.63) is 60.2 Å². The van der Waals surface area contributed by atoms with Crippen molar-refractivity contribution in [2.45, 2.75) is 0 Å². The second-order valence-electron chi connectivity index (χ2n) is 5.39. The summed E-state index contributed by atoms with van der Waals surface area (Å²) in [6.45, 7) is 3.84. The van der Waals surface area contributed by atoms with Crippen molar-refractivity contribution in [2.75, 3.05) is 25.5 Å². The second kappa shape index (κ2) is 7.70. The molecule has 0 unspecified atom stereocenters. The molecule has 1 aromatic rings. The van der Waals surface area contributed by atoms with Crippen LogP contribution < -0.4 is 10.2 Å². The van der Waals surface area contributed by atoms with Crippen molar-refractivity contribution in [1.29, 1.82) is 0 Å². The van der Waals surface area contributed by atoms with E-state index in [1.165, 1.54) is 11.0 Å². The summed E-state index contributed by atoms with van der Waals surface area (Å²) in [6, 6.07) is 7.92. The number of carbonyl (C=O) groups is 2. The van der Waals surface area contributed by atoms with Crippen molar-refractivity contribution in [3.63, 3.8) is 0 Å². The molecule has 1 heterocycles. The lowest BCUT2D eigenvalue weighted by Crippen LogP contribution is -2.53. The summed E-state index contributed by atoms with van der Waals surface area (Å²) in [5.41, 5.74) is 2.12. The van der Waals surface area contributed by atoms with Gasteiger partial charge < -0.3 is 4.90 Å². The molecular formula is C18H19N3O2S. The van der Waals surface area contributed by atoms with E-state index in [9.17, 15) is 9.59 Å². The number of carbonyl (C=O) groups excluding carboxylic acids is 2.